The third kappa shape index (κ3) is 6.90. The molecule has 7 heteroatoms. The summed E-state index contributed by atoms with van der Waals surface area (Å²) in [5.41, 5.74) is 9.23. The van der Waals surface area contributed by atoms with Crippen LogP contribution in [-0.4, -0.2) is 35.0 Å². The number of esters is 1. The van der Waals surface area contributed by atoms with Crippen molar-refractivity contribution in [3.63, 3.8) is 0 Å². The first kappa shape index (κ1) is 21.2. The second kappa shape index (κ2) is 10.2. The van der Waals surface area contributed by atoms with E-state index in [1.165, 1.54) is 0 Å². The van der Waals surface area contributed by atoms with Crippen molar-refractivity contribution in [2.75, 3.05) is 6.61 Å². The molecule has 0 N–H and O–H groups in total. The lowest BCUT2D eigenvalue weighted by molar-refractivity contribution is -0.151. The van der Waals surface area contributed by atoms with Gasteiger partial charge >= 0.3 is 11.7 Å². The van der Waals surface area contributed by atoms with Crippen molar-refractivity contribution in [3.8, 4) is 0 Å². The first-order valence-electron chi connectivity index (χ1n) is 8.04. The highest BCUT2D eigenvalue weighted by Gasteiger charge is 2.34. The van der Waals surface area contributed by atoms with Gasteiger partial charge in [0.2, 0.25) is 0 Å². The van der Waals surface area contributed by atoms with Crippen LogP contribution < -0.4 is 0 Å². The Morgan fingerprint density at radius 3 is 2.16 bits per heavy atom. The van der Waals surface area contributed by atoms with E-state index < -0.39 is 17.5 Å². The van der Waals surface area contributed by atoms with E-state index in [1.54, 1.807) is 0 Å². The van der Waals surface area contributed by atoms with E-state index in [4.69, 9.17) is 15.0 Å². The Bertz CT molecular complexity index is 642. The lowest BCUT2D eigenvalue weighted by Crippen LogP contribution is -2.36. The number of rotatable bonds is 9. The number of Topliss-reactive ketones (excluding diaryl/α,β-unsaturated/α-hetero) is 1. The Labute approximate surface area is 156 Å². The molecule has 0 saturated heterocycles. The van der Waals surface area contributed by atoms with E-state index in [2.05, 4.69) is 20.7 Å². The summed E-state index contributed by atoms with van der Waals surface area (Å²) < 4.78 is 11.5. The van der Waals surface area contributed by atoms with E-state index in [0.717, 1.165) is 10.0 Å². The molecule has 0 aromatic heterocycles. The fraction of sp³-hybridized carbons (Fsp3) is 0.500. The molecule has 1 rings (SSSR count). The molecule has 0 aliphatic rings. The van der Waals surface area contributed by atoms with Gasteiger partial charge in [0.15, 0.2) is 0 Å². The molecule has 0 saturated carbocycles. The van der Waals surface area contributed by atoms with Gasteiger partial charge in [0.1, 0.15) is 12.7 Å². The minimum atomic E-state index is -0.938. The van der Waals surface area contributed by atoms with Gasteiger partial charge in [-0.15, -0.1) is 0 Å². The monoisotopic (exact) mass is 410 g/mol. The van der Waals surface area contributed by atoms with Gasteiger partial charge in [-0.3, -0.25) is 4.79 Å². The second-order valence-corrected chi connectivity index (χ2v) is 7.26. The van der Waals surface area contributed by atoms with Crippen molar-refractivity contribution in [1.82, 2.24) is 0 Å². The zero-order chi connectivity index (χ0) is 19.0. The highest BCUT2D eigenvalue weighted by atomic mass is 79.9. The number of carbonyl (C=O) groups is 2. The lowest BCUT2D eigenvalue weighted by atomic mass is 9.96. The number of hydrogen-bond donors (Lipinski definition) is 0. The number of nitrogens with zero attached hydrogens (tertiary/aromatic N) is 2. The fourth-order valence-electron chi connectivity index (χ4n) is 2.34. The van der Waals surface area contributed by atoms with Crippen molar-refractivity contribution < 1.29 is 23.9 Å². The molecule has 0 spiro atoms. The predicted octanol–water partition coefficient (Wildman–Crippen LogP) is 3.43. The topological polar surface area (TPSA) is 89.0 Å². The van der Waals surface area contributed by atoms with Gasteiger partial charge in [0.05, 0.1) is 6.61 Å². The third-order valence-corrected chi connectivity index (χ3v) is 4.06. The maximum Gasteiger partial charge on any atom is 0.443 e. The molecule has 0 aliphatic heterocycles. The van der Waals surface area contributed by atoms with Gasteiger partial charge in [0.25, 0.3) is 5.78 Å². The Hall–Kier alpha value is -1.82. The average molecular weight is 411 g/mol. The van der Waals surface area contributed by atoms with Crippen LogP contribution in [0.2, 0.25) is 0 Å². The van der Waals surface area contributed by atoms with E-state index in [-0.39, 0.29) is 31.2 Å². The smallest absolute Gasteiger partial charge is 0.443 e. The quantitative estimate of drug-likeness (QED) is 0.205. The molecule has 6 nitrogen and oxygen atoms in total. The van der Waals surface area contributed by atoms with Crippen LogP contribution in [0.15, 0.2) is 28.7 Å². The number of ether oxygens (including phenoxy) is 2. The van der Waals surface area contributed by atoms with E-state index in [0.29, 0.717) is 0 Å². The van der Waals surface area contributed by atoms with Gasteiger partial charge < -0.3 is 15.0 Å². The molecule has 1 aromatic rings. The van der Waals surface area contributed by atoms with Crippen molar-refractivity contribution in [2.24, 2.45) is 11.8 Å². The minimum Gasteiger partial charge on any atom is -0.453 e. The molecule has 0 radical (unpaired) electrons. The van der Waals surface area contributed by atoms with Crippen molar-refractivity contribution in [3.05, 3.63) is 39.8 Å². The number of carbonyl (C=O) groups excluding carboxylic acids is 2. The third-order valence-electron chi connectivity index (χ3n) is 3.53. The lowest BCUT2D eigenvalue weighted by Gasteiger charge is -2.23. The van der Waals surface area contributed by atoms with Crippen molar-refractivity contribution >= 4 is 33.4 Å². The number of halogens is 1. The van der Waals surface area contributed by atoms with Crippen molar-refractivity contribution in [1.29, 1.82) is 0 Å². The fourth-order valence-corrected chi connectivity index (χ4v) is 2.61. The molecule has 0 aliphatic carbocycles. The van der Waals surface area contributed by atoms with E-state index in [1.807, 2.05) is 52.0 Å². The normalized spacial score (nSPS) is 10.9. The summed E-state index contributed by atoms with van der Waals surface area (Å²) in [6, 6.07) is 7.41. The van der Waals surface area contributed by atoms with Crippen LogP contribution in [0.4, 0.5) is 0 Å². The van der Waals surface area contributed by atoms with E-state index >= 15 is 0 Å². The molecular formula is C18H23BrN2O4. The van der Waals surface area contributed by atoms with Gasteiger partial charge in [-0.25, -0.2) is 4.79 Å². The van der Waals surface area contributed by atoms with Crippen LogP contribution in [0.5, 0.6) is 0 Å². The Morgan fingerprint density at radius 2 is 1.68 bits per heavy atom. The van der Waals surface area contributed by atoms with Crippen LogP contribution in [0.25, 0.3) is 5.53 Å². The zero-order valence-electron chi connectivity index (χ0n) is 14.9. The van der Waals surface area contributed by atoms with Crippen LogP contribution >= 0.6 is 15.9 Å². The summed E-state index contributed by atoms with van der Waals surface area (Å²) >= 11 is 3.33. The largest absolute Gasteiger partial charge is 0.453 e. The molecule has 0 bridgehead atoms. The molecular weight excluding hydrogens is 388 g/mol. The van der Waals surface area contributed by atoms with Gasteiger partial charge in [-0.2, -0.15) is 4.79 Å². The summed E-state index contributed by atoms with van der Waals surface area (Å²) in [7, 11) is 0. The highest BCUT2D eigenvalue weighted by molar-refractivity contribution is 9.10. The first-order valence-corrected chi connectivity index (χ1v) is 8.84. The second-order valence-electron chi connectivity index (χ2n) is 6.35. The Morgan fingerprint density at radius 1 is 1.12 bits per heavy atom. The van der Waals surface area contributed by atoms with E-state index in [9.17, 15) is 9.59 Å². The summed E-state index contributed by atoms with van der Waals surface area (Å²) in [5.74, 6) is -1.51. The highest BCUT2D eigenvalue weighted by Crippen LogP contribution is 2.16. The van der Waals surface area contributed by atoms with Crippen LogP contribution in [0.3, 0.4) is 0 Å². The van der Waals surface area contributed by atoms with Gasteiger partial charge in [0, 0.05) is 4.47 Å². The SMILES string of the molecule is CC(C)C(OC(=O)C(=[N+]=[N-])C(=O)COCc1ccc(Br)cc1)C(C)C. The average Bonchev–Trinajstić information content (AvgIpc) is 2.54. The summed E-state index contributed by atoms with van der Waals surface area (Å²) in [5, 5.41) is 0. The number of ketones is 1. The van der Waals surface area contributed by atoms with Gasteiger partial charge in [-0.05, 0) is 29.5 Å². The molecule has 0 heterocycles. The van der Waals surface area contributed by atoms with Crippen LogP contribution in [-0.2, 0) is 25.7 Å². The zero-order valence-corrected chi connectivity index (χ0v) is 16.4. The molecule has 1 aromatic carbocycles. The summed E-state index contributed by atoms with van der Waals surface area (Å²) in [4.78, 5) is 27.0. The van der Waals surface area contributed by atoms with Crippen LogP contribution in [0, 0.1) is 11.8 Å². The Balaban J connectivity index is 2.60. The maximum atomic E-state index is 12.1. The van der Waals surface area contributed by atoms with Gasteiger partial charge in [-0.1, -0.05) is 55.8 Å². The Kier molecular flexibility index (Phi) is 8.69. The van der Waals surface area contributed by atoms with Crippen LogP contribution in [0.1, 0.15) is 33.3 Å². The minimum absolute atomic E-state index is 0.0765. The number of hydrogen-bond acceptors (Lipinski definition) is 4. The molecule has 0 amide bonds. The first-order chi connectivity index (χ1) is 11.8. The summed E-state index contributed by atoms with van der Waals surface area (Å²) in [6.45, 7) is 7.48. The molecule has 0 fully saturated rings. The molecule has 0 atom stereocenters. The summed E-state index contributed by atoms with van der Waals surface area (Å²) in [6.07, 6.45) is -0.374. The molecule has 0 unspecified atom stereocenters. The number of benzene rings is 1. The van der Waals surface area contributed by atoms with Crippen molar-refractivity contribution in [2.45, 2.75) is 40.4 Å². The standard InChI is InChI=1S/C18H23BrN2O4/c1-11(2)17(12(3)4)25-18(23)16(21-20)15(22)10-24-9-13-5-7-14(19)8-6-13/h5-8,11-12,17H,9-10H2,1-4H3. The predicted molar refractivity (Wildman–Crippen MR) is 97.0 cm³/mol. The maximum absolute atomic E-state index is 12.1. The molecule has 136 valence electrons. The molecule has 25 heavy (non-hydrogen) atoms.